The monoisotopic (exact) mass is 331 g/mol. The first-order valence-electron chi connectivity index (χ1n) is 7.96. The molecule has 2 heterocycles. The lowest BCUT2D eigenvalue weighted by Crippen LogP contribution is -2.34. The Morgan fingerprint density at radius 1 is 1.35 bits per heavy atom. The van der Waals surface area contributed by atoms with Crippen molar-refractivity contribution in [3.05, 3.63) is 35.2 Å². The van der Waals surface area contributed by atoms with Crippen molar-refractivity contribution in [1.82, 2.24) is 4.90 Å². The normalized spacial score (nSPS) is 21.0. The van der Waals surface area contributed by atoms with Crippen molar-refractivity contribution in [2.24, 2.45) is 5.41 Å². The molecule has 122 valence electrons. The summed E-state index contributed by atoms with van der Waals surface area (Å²) in [6, 6.07) is 8.33. The molecule has 1 N–H and O–H groups in total. The zero-order valence-corrected chi connectivity index (χ0v) is 14.1. The molecule has 1 saturated heterocycles. The molecule has 1 fully saturated rings. The Kier molecular flexibility index (Phi) is 4.39. The minimum absolute atomic E-state index is 0.0783. The number of likely N-dealkylation sites (tertiary alicyclic amines) is 1. The number of benzene rings is 1. The summed E-state index contributed by atoms with van der Waals surface area (Å²) >= 11 is 1.74. The van der Waals surface area contributed by atoms with E-state index in [9.17, 15) is 14.7 Å². The fourth-order valence-corrected chi connectivity index (χ4v) is 4.16. The number of aryl methyl sites for hydroxylation is 1. The minimum Gasteiger partial charge on any atom is -0.481 e. The number of hydrogen-bond donors (Lipinski definition) is 1. The van der Waals surface area contributed by atoms with Gasteiger partial charge in [-0.15, -0.1) is 11.3 Å². The van der Waals surface area contributed by atoms with Gasteiger partial charge in [-0.3, -0.25) is 9.59 Å². The van der Waals surface area contributed by atoms with E-state index in [4.69, 9.17) is 0 Å². The zero-order valence-electron chi connectivity index (χ0n) is 13.2. The Hall–Kier alpha value is -1.88. The third kappa shape index (κ3) is 3.24. The van der Waals surface area contributed by atoms with Crippen LogP contribution in [0.25, 0.3) is 10.1 Å². The molecule has 4 nitrogen and oxygen atoms in total. The SMILES string of the molecule is CC1(C(=O)O)CCN(C(=O)CCCc2csc3ccccc23)C1. The number of carboxylic acid groups (broad SMARTS) is 1. The van der Waals surface area contributed by atoms with Crippen molar-refractivity contribution in [1.29, 1.82) is 0 Å². The molecule has 0 radical (unpaired) electrons. The van der Waals surface area contributed by atoms with Crippen molar-refractivity contribution in [2.45, 2.75) is 32.6 Å². The average Bonchev–Trinajstić information content (AvgIpc) is 3.13. The minimum atomic E-state index is -0.808. The van der Waals surface area contributed by atoms with E-state index in [1.165, 1.54) is 15.6 Å². The maximum Gasteiger partial charge on any atom is 0.311 e. The first kappa shape index (κ1) is 16.0. The Labute approximate surface area is 139 Å². The maximum absolute atomic E-state index is 12.3. The summed E-state index contributed by atoms with van der Waals surface area (Å²) in [5, 5.41) is 12.7. The molecule has 1 atom stereocenters. The summed E-state index contributed by atoms with van der Waals surface area (Å²) in [7, 11) is 0. The number of rotatable bonds is 5. The van der Waals surface area contributed by atoms with Crippen molar-refractivity contribution in [3.8, 4) is 0 Å². The molecule has 1 aliphatic rings. The number of carboxylic acids is 1. The van der Waals surface area contributed by atoms with E-state index in [2.05, 4.69) is 17.5 Å². The van der Waals surface area contributed by atoms with Gasteiger partial charge >= 0.3 is 5.97 Å². The average molecular weight is 331 g/mol. The maximum atomic E-state index is 12.3. The van der Waals surface area contributed by atoms with E-state index in [1.807, 2.05) is 12.1 Å². The van der Waals surface area contributed by atoms with Gasteiger partial charge in [-0.05, 0) is 48.6 Å². The van der Waals surface area contributed by atoms with E-state index < -0.39 is 11.4 Å². The Morgan fingerprint density at radius 2 is 2.13 bits per heavy atom. The third-order valence-corrected chi connectivity index (χ3v) is 5.75. The molecule has 0 aliphatic carbocycles. The number of nitrogens with zero attached hydrogens (tertiary/aromatic N) is 1. The molecule has 3 rings (SSSR count). The van der Waals surface area contributed by atoms with Crippen LogP contribution < -0.4 is 0 Å². The molecule has 0 saturated carbocycles. The smallest absolute Gasteiger partial charge is 0.311 e. The summed E-state index contributed by atoms with van der Waals surface area (Å²) in [6.45, 7) is 2.62. The molecule has 1 unspecified atom stereocenters. The molecule has 0 spiro atoms. The van der Waals surface area contributed by atoms with Crippen LogP contribution in [0.5, 0.6) is 0 Å². The summed E-state index contributed by atoms with van der Waals surface area (Å²) < 4.78 is 1.28. The van der Waals surface area contributed by atoms with E-state index in [-0.39, 0.29) is 5.91 Å². The van der Waals surface area contributed by atoms with Crippen LogP contribution in [0.3, 0.4) is 0 Å². The van der Waals surface area contributed by atoms with Gasteiger partial charge in [0.2, 0.25) is 5.91 Å². The molecule has 1 aliphatic heterocycles. The fraction of sp³-hybridized carbons (Fsp3) is 0.444. The molecule has 1 amide bonds. The summed E-state index contributed by atoms with van der Waals surface area (Å²) in [4.78, 5) is 25.2. The highest BCUT2D eigenvalue weighted by Gasteiger charge is 2.41. The van der Waals surface area contributed by atoms with Gasteiger partial charge in [0.25, 0.3) is 0 Å². The molecule has 0 bridgehead atoms. The molecular formula is C18H21NO3S. The Morgan fingerprint density at radius 3 is 2.87 bits per heavy atom. The Balaban J connectivity index is 1.53. The summed E-state index contributed by atoms with van der Waals surface area (Å²) in [5.74, 6) is -0.730. The van der Waals surface area contributed by atoms with Crippen LogP contribution in [0.15, 0.2) is 29.6 Å². The number of aliphatic carboxylic acids is 1. The molecule has 1 aromatic heterocycles. The summed E-state index contributed by atoms with van der Waals surface area (Å²) in [5.41, 5.74) is 0.523. The van der Waals surface area contributed by atoms with E-state index in [0.29, 0.717) is 25.9 Å². The second-order valence-corrected chi connectivity index (χ2v) is 7.45. The molecular weight excluding hydrogens is 310 g/mol. The number of hydrogen-bond acceptors (Lipinski definition) is 3. The summed E-state index contributed by atoms with van der Waals surface area (Å²) in [6.07, 6.45) is 2.72. The van der Waals surface area contributed by atoms with Crippen LogP contribution in [-0.4, -0.2) is 35.0 Å². The van der Waals surface area contributed by atoms with Crippen LogP contribution >= 0.6 is 11.3 Å². The van der Waals surface area contributed by atoms with Crippen molar-refractivity contribution < 1.29 is 14.7 Å². The highest BCUT2D eigenvalue weighted by Crippen LogP contribution is 2.31. The number of thiophene rings is 1. The van der Waals surface area contributed by atoms with Gasteiger partial charge in [0, 0.05) is 24.2 Å². The van der Waals surface area contributed by atoms with Crippen LogP contribution in [0, 0.1) is 5.41 Å². The van der Waals surface area contributed by atoms with Crippen LogP contribution in [0.1, 0.15) is 31.7 Å². The number of fused-ring (bicyclic) bond motifs is 1. The lowest BCUT2D eigenvalue weighted by Gasteiger charge is -2.20. The van der Waals surface area contributed by atoms with Gasteiger partial charge in [0.15, 0.2) is 0 Å². The van der Waals surface area contributed by atoms with Gasteiger partial charge < -0.3 is 10.0 Å². The topological polar surface area (TPSA) is 57.6 Å². The second kappa shape index (κ2) is 6.32. The van der Waals surface area contributed by atoms with Gasteiger partial charge in [0.1, 0.15) is 0 Å². The van der Waals surface area contributed by atoms with Crippen molar-refractivity contribution in [2.75, 3.05) is 13.1 Å². The quantitative estimate of drug-likeness (QED) is 0.911. The van der Waals surface area contributed by atoms with Crippen LogP contribution in [0.2, 0.25) is 0 Å². The van der Waals surface area contributed by atoms with Crippen LogP contribution in [-0.2, 0) is 16.0 Å². The van der Waals surface area contributed by atoms with Gasteiger partial charge in [-0.2, -0.15) is 0 Å². The predicted octanol–water partition coefficient (Wildman–Crippen LogP) is 3.55. The van der Waals surface area contributed by atoms with E-state index in [0.717, 1.165) is 12.8 Å². The second-order valence-electron chi connectivity index (χ2n) is 6.54. The van der Waals surface area contributed by atoms with Crippen LogP contribution in [0.4, 0.5) is 0 Å². The lowest BCUT2D eigenvalue weighted by atomic mass is 9.90. The number of carbonyl (C=O) groups excluding carboxylic acids is 1. The number of carbonyl (C=O) groups is 2. The van der Waals surface area contributed by atoms with Gasteiger partial charge in [-0.25, -0.2) is 0 Å². The van der Waals surface area contributed by atoms with Gasteiger partial charge in [-0.1, -0.05) is 18.2 Å². The molecule has 1 aromatic carbocycles. The van der Waals surface area contributed by atoms with Gasteiger partial charge in [0.05, 0.1) is 5.41 Å². The van der Waals surface area contributed by atoms with Crippen molar-refractivity contribution >= 4 is 33.3 Å². The fourth-order valence-electron chi connectivity index (χ4n) is 3.16. The Bertz CT molecular complexity index is 739. The van der Waals surface area contributed by atoms with Crippen molar-refractivity contribution in [3.63, 3.8) is 0 Å². The largest absolute Gasteiger partial charge is 0.481 e. The predicted molar refractivity (Wildman–Crippen MR) is 91.7 cm³/mol. The van der Waals surface area contributed by atoms with E-state index >= 15 is 0 Å². The highest BCUT2D eigenvalue weighted by atomic mass is 32.1. The molecule has 2 aromatic rings. The zero-order chi connectivity index (χ0) is 16.4. The molecule has 23 heavy (non-hydrogen) atoms. The first-order chi connectivity index (χ1) is 11.0. The standard InChI is InChI=1S/C18H21NO3S/c1-18(17(21)22)9-10-19(12-18)16(20)8-4-5-13-11-23-15-7-3-2-6-14(13)15/h2-3,6-7,11H,4-5,8-10,12H2,1H3,(H,21,22). The lowest BCUT2D eigenvalue weighted by molar-refractivity contribution is -0.147. The first-order valence-corrected chi connectivity index (χ1v) is 8.84. The highest BCUT2D eigenvalue weighted by molar-refractivity contribution is 7.17. The molecule has 5 heteroatoms. The third-order valence-electron chi connectivity index (χ3n) is 4.74. The number of amides is 1. The van der Waals surface area contributed by atoms with E-state index in [1.54, 1.807) is 23.2 Å².